The molecule has 0 spiro atoms. The monoisotopic (exact) mass is 503 g/mol. The van der Waals surface area contributed by atoms with Crippen LogP contribution >= 0.6 is 24.0 Å². The molecule has 0 saturated carbocycles. The van der Waals surface area contributed by atoms with Gasteiger partial charge < -0.3 is 20.0 Å². The zero-order chi connectivity index (χ0) is 19.5. The first-order valence-electron chi connectivity index (χ1n) is 9.80. The number of guanidine groups is 1. The molecule has 0 bridgehead atoms. The van der Waals surface area contributed by atoms with Gasteiger partial charge in [0.2, 0.25) is 5.82 Å². The standard InChI is InChI=1S/C19H33N7O.HI/c1-5-26(6-2)13-7-9-15(3)22-19(20-4)21-12-11-17-23-18(25-24-17)16-10-8-14-27-16;/h8,10,14-15H,5-7,9,11-13H2,1-4H3,(H2,20,21,22)(H,23,24,25);1H. The van der Waals surface area contributed by atoms with Gasteiger partial charge >= 0.3 is 0 Å². The molecule has 2 aromatic rings. The van der Waals surface area contributed by atoms with Crippen LogP contribution in [0.2, 0.25) is 0 Å². The lowest BCUT2D eigenvalue weighted by molar-refractivity contribution is 0.292. The number of aromatic nitrogens is 3. The number of hydrogen-bond donors (Lipinski definition) is 3. The lowest BCUT2D eigenvalue weighted by Crippen LogP contribution is -2.43. The van der Waals surface area contributed by atoms with E-state index < -0.39 is 0 Å². The quantitative estimate of drug-likeness (QED) is 0.248. The second-order valence-electron chi connectivity index (χ2n) is 6.55. The molecule has 0 aromatic carbocycles. The summed E-state index contributed by atoms with van der Waals surface area (Å²) in [5, 5.41) is 13.9. The van der Waals surface area contributed by atoms with Gasteiger partial charge in [-0.15, -0.1) is 24.0 Å². The summed E-state index contributed by atoms with van der Waals surface area (Å²) in [6.07, 6.45) is 4.64. The topological polar surface area (TPSA) is 94.4 Å². The molecule has 0 aliphatic rings. The van der Waals surface area contributed by atoms with Crippen LogP contribution in [0.1, 0.15) is 39.4 Å². The summed E-state index contributed by atoms with van der Waals surface area (Å²) in [6, 6.07) is 4.05. The van der Waals surface area contributed by atoms with E-state index in [-0.39, 0.29) is 24.0 Å². The van der Waals surface area contributed by atoms with Gasteiger partial charge in [-0.05, 0) is 51.5 Å². The Morgan fingerprint density at radius 1 is 1.36 bits per heavy atom. The maximum Gasteiger partial charge on any atom is 0.216 e. The van der Waals surface area contributed by atoms with E-state index in [4.69, 9.17) is 4.42 Å². The highest BCUT2D eigenvalue weighted by molar-refractivity contribution is 14.0. The van der Waals surface area contributed by atoms with Gasteiger partial charge in [-0.3, -0.25) is 10.1 Å². The third-order valence-corrected chi connectivity index (χ3v) is 4.54. The van der Waals surface area contributed by atoms with Gasteiger partial charge in [0, 0.05) is 26.1 Å². The van der Waals surface area contributed by atoms with Crippen LogP contribution in [0.4, 0.5) is 0 Å². The van der Waals surface area contributed by atoms with Crippen LogP contribution < -0.4 is 10.6 Å². The Hall–Kier alpha value is -1.62. The molecule has 28 heavy (non-hydrogen) atoms. The van der Waals surface area contributed by atoms with Gasteiger partial charge in [0.1, 0.15) is 5.82 Å². The SMILES string of the molecule is CCN(CC)CCCC(C)NC(=NC)NCCc1nc(-c2ccco2)n[nH]1.I. The summed E-state index contributed by atoms with van der Waals surface area (Å²) in [4.78, 5) is 11.2. The number of aliphatic imine (C=N–C) groups is 1. The van der Waals surface area contributed by atoms with Crippen molar-refractivity contribution in [3.8, 4) is 11.6 Å². The van der Waals surface area contributed by atoms with Crippen LogP contribution in [0, 0.1) is 0 Å². The van der Waals surface area contributed by atoms with E-state index >= 15 is 0 Å². The molecule has 2 aromatic heterocycles. The molecule has 158 valence electrons. The molecule has 2 heterocycles. The third-order valence-electron chi connectivity index (χ3n) is 4.54. The fourth-order valence-corrected chi connectivity index (χ4v) is 2.88. The maximum absolute atomic E-state index is 5.31. The smallest absolute Gasteiger partial charge is 0.216 e. The van der Waals surface area contributed by atoms with E-state index in [9.17, 15) is 0 Å². The molecule has 9 heteroatoms. The largest absolute Gasteiger partial charge is 0.461 e. The van der Waals surface area contributed by atoms with E-state index in [1.165, 1.54) is 6.42 Å². The second-order valence-corrected chi connectivity index (χ2v) is 6.55. The predicted octanol–water partition coefficient (Wildman–Crippen LogP) is 2.90. The number of hydrogen-bond acceptors (Lipinski definition) is 5. The Morgan fingerprint density at radius 3 is 2.79 bits per heavy atom. The van der Waals surface area contributed by atoms with Crippen molar-refractivity contribution in [3.05, 3.63) is 24.2 Å². The van der Waals surface area contributed by atoms with E-state index in [1.54, 1.807) is 13.3 Å². The normalized spacial score (nSPS) is 12.7. The van der Waals surface area contributed by atoms with Gasteiger partial charge in [0.25, 0.3) is 0 Å². The van der Waals surface area contributed by atoms with Gasteiger partial charge in [0.05, 0.1) is 6.26 Å². The first-order chi connectivity index (χ1) is 13.2. The minimum absolute atomic E-state index is 0. The number of rotatable bonds is 11. The molecule has 0 saturated heterocycles. The van der Waals surface area contributed by atoms with Crippen molar-refractivity contribution in [2.24, 2.45) is 4.99 Å². The molecule has 0 aliphatic carbocycles. The summed E-state index contributed by atoms with van der Waals surface area (Å²) in [7, 11) is 1.79. The van der Waals surface area contributed by atoms with E-state index in [0.717, 1.165) is 50.8 Å². The van der Waals surface area contributed by atoms with E-state index in [1.807, 2.05) is 12.1 Å². The molecule has 0 amide bonds. The fourth-order valence-electron chi connectivity index (χ4n) is 2.88. The third kappa shape index (κ3) is 8.17. The highest BCUT2D eigenvalue weighted by Gasteiger charge is 2.09. The molecular formula is C19H34IN7O. The van der Waals surface area contributed by atoms with Crippen molar-refractivity contribution in [2.75, 3.05) is 33.2 Å². The Balaban J connectivity index is 0.00000392. The molecule has 0 radical (unpaired) electrons. The zero-order valence-corrected chi connectivity index (χ0v) is 19.7. The van der Waals surface area contributed by atoms with E-state index in [2.05, 4.69) is 56.5 Å². The zero-order valence-electron chi connectivity index (χ0n) is 17.4. The van der Waals surface area contributed by atoms with Gasteiger partial charge in [-0.1, -0.05) is 13.8 Å². The van der Waals surface area contributed by atoms with Crippen LogP contribution in [-0.4, -0.2) is 65.3 Å². The average molecular weight is 503 g/mol. The fraction of sp³-hybridized carbons (Fsp3) is 0.632. The Bertz CT molecular complexity index is 668. The van der Waals surface area contributed by atoms with E-state index in [0.29, 0.717) is 17.6 Å². The Morgan fingerprint density at radius 2 is 2.14 bits per heavy atom. The highest BCUT2D eigenvalue weighted by atomic mass is 127. The van der Waals surface area contributed by atoms with Crippen LogP contribution in [0.3, 0.4) is 0 Å². The summed E-state index contributed by atoms with van der Waals surface area (Å²) in [5.74, 6) is 2.88. The number of nitrogens with zero attached hydrogens (tertiary/aromatic N) is 4. The van der Waals surface area contributed by atoms with Crippen molar-refractivity contribution < 1.29 is 4.42 Å². The van der Waals surface area contributed by atoms with Crippen LogP contribution in [-0.2, 0) is 6.42 Å². The molecule has 1 unspecified atom stereocenters. The van der Waals surface area contributed by atoms with Crippen LogP contribution in [0.5, 0.6) is 0 Å². The van der Waals surface area contributed by atoms with Crippen LogP contribution in [0.15, 0.2) is 27.8 Å². The molecule has 1 atom stereocenters. The lowest BCUT2D eigenvalue weighted by atomic mass is 10.2. The predicted molar refractivity (Wildman–Crippen MR) is 124 cm³/mol. The molecule has 0 fully saturated rings. The molecule has 0 aliphatic heterocycles. The molecule has 8 nitrogen and oxygen atoms in total. The van der Waals surface area contributed by atoms with Gasteiger partial charge in [-0.25, -0.2) is 4.98 Å². The molecule has 2 rings (SSSR count). The first kappa shape index (κ1) is 24.4. The van der Waals surface area contributed by atoms with Crippen molar-refractivity contribution in [1.29, 1.82) is 0 Å². The maximum atomic E-state index is 5.31. The van der Waals surface area contributed by atoms with Crippen molar-refractivity contribution >= 4 is 29.9 Å². The minimum Gasteiger partial charge on any atom is -0.461 e. The highest BCUT2D eigenvalue weighted by Crippen LogP contribution is 2.14. The van der Waals surface area contributed by atoms with Crippen molar-refractivity contribution in [3.63, 3.8) is 0 Å². The van der Waals surface area contributed by atoms with Crippen molar-refractivity contribution in [2.45, 2.75) is 46.1 Å². The molecule has 3 N–H and O–H groups in total. The summed E-state index contributed by atoms with van der Waals surface area (Å²) >= 11 is 0. The first-order valence-corrected chi connectivity index (χ1v) is 9.80. The Labute approximate surface area is 185 Å². The van der Waals surface area contributed by atoms with Crippen LogP contribution in [0.25, 0.3) is 11.6 Å². The molecular weight excluding hydrogens is 469 g/mol. The number of H-pyrrole nitrogens is 1. The number of aromatic amines is 1. The number of nitrogens with one attached hydrogen (secondary N) is 3. The minimum atomic E-state index is 0. The Kier molecular flexibility index (Phi) is 11.8. The van der Waals surface area contributed by atoms with Gasteiger partial charge in [-0.2, -0.15) is 5.10 Å². The average Bonchev–Trinajstić information content (AvgIpc) is 3.36. The van der Waals surface area contributed by atoms with Gasteiger partial charge in [0.15, 0.2) is 11.7 Å². The summed E-state index contributed by atoms with van der Waals surface area (Å²) in [6.45, 7) is 10.7. The number of furan rings is 1. The van der Waals surface area contributed by atoms with Crippen molar-refractivity contribution in [1.82, 2.24) is 30.7 Å². The summed E-state index contributed by atoms with van der Waals surface area (Å²) in [5.41, 5.74) is 0. The second kappa shape index (κ2) is 13.5. The summed E-state index contributed by atoms with van der Waals surface area (Å²) < 4.78 is 5.31. The lowest BCUT2D eigenvalue weighted by Gasteiger charge is -2.21. The number of halogens is 1.